The van der Waals surface area contributed by atoms with Gasteiger partial charge < -0.3 is 9.47 Å². The van der Waals surface area contributed by atoms with E-state index in [1.165, 1.54) is 0 Å². The van der Waals surface area contributed by atoms with Gasteiger partial charge in [-0.1, -0.05) is 27.7 Å². The van der Waals surface area contributed by atoms with Gasteiger partial charge in [0.1, 0.15) is 6.79 Å². The van der Waals surface area contributed by atoms with Crippen LogP contribution in [0.2, 0.25) is 0 Å². The number of ether oxygens (including phenoxy) is 2. The lowest BCUT2D eigenvalue weighted by molar-refractivity contribution is -0.121. The highest BCUT2D eigenvalue weighted by molar-refractivity contribution is 4.49. The average molecular weight is 160 g/mol. The molecule has 2 nitrogen and oxygen atoms in total. The zero-order valence-electron chi connectivity index (χ0n) is 8.09. The Balaban J connectivity index is 0.000000218. The Labute approximate surface area is 69.9 Å². The second-order valence-corrected chi connectivity index (χ2v) is 3.70. The molecule has 0 aromatic rings. The maximum Gasteiger partial charge on any atom is 0.146 e. The Morgan fingerprint density at radius 3 is 1.64 bits per heavy atom. The summed E-state index contributed by atoms with van der Waals surface area (Å²) in [5.41, 5.74) is 0. The minimum absolute atomic E-state index is 0.490. The zero-order valence-corrected chi connectivity index (χ0v) is 8.09. The first-order valence-corrected chi connectivity index (χ1v) is 4.28. The maximum absolute atomic E-state index is 4.96. The first-order valence-electron chi connectivity index (χ1n) is 4.28. The van der Waals surface area contributed by atoms with Crippen LogP contribution in [0.1, 0.15) is 27.7 Å². The van der Waals surface area contributed by atoms with E-state index in [9.17, 15) is 0 Å². The van der Waals surface area contributed by atoms with E-state index in [0.29, 0.717) is 12.7 Å². The molecule has 1 rings (SSSR count). The molecule has 1 fully saturated rings. The lowest BCUT2D eigenvalue weighted by Gasteiger charge is -2.17. The molecule has 0 aromatic heterocycles. The predicted molar refractivity (Wildman–Crippen MR) is 46.4 cm³/mol. The Kier molecular flexibility index (Phi) is 6.57. The van der Waals surface area contributed by atoms with Crippen molar-refractivity contribution >= 4 is 0 Å². The molecule has 2 heteroatoms. The minimum Gasteiger partial charge on any atom is -0.355 e. The number of hydrogen-bond acceptors (Lipinski definition) is 2. The first-order chi connectivity index (χ1) is 5.13. The average Bonchev–Trinajstić information content (AvgIpc) is 1.87. The van der Waals surface area contributed by atoms with Crippen LogP contribution in [0.5, 0.6) is 0 Å². The van der Waals surface area contributed by atoms with Crippen LogP contribution in [0.4, 0.5) is 0 Å². The molecule has 0 spiro atoms. The van der Waals surface area contributed by atoms with Gasteiger partial charge in [-0.15, -0.1) is 0 Å². The lowest BCUT2D eigenvalue weighted by atomic mass is 10.2. The van der Waals surface area contributed by atoms with Crippen molar-refractivity contribution in [2.75, 3.05) is 20.0 Å². The van der Waals surface area contributed by atoms with Gasteiger partial charge in [-0.05, 0) is 5.92 Å². The van der Waals surface area contributed by atoms with Crippen molar-refractivity contribution in [3.8, 4) is 0 Å². The summed E-state index contributed by atoms with van der Waals surface area (Å²) in [4.78, 5) is 0. The van der Waals surface area contributed by atoms with Gasteiger partial charge in [0, 0.05) is 5.92 Å². The van der Waals surface area contributed by atoms with E-state index in [1.54, 1.807) is 0 Å². The Bertz CT molecular complexity index is 72.9. The molecule has 0 saturated carbocycles. The van der Waals surface area contributed by atoms with E-state index in [0.717, 1.165) is 19.1 Å². The van der Waals surface area contributed by atoms with Crippen LogP contribution < -0.4 is 0 Å². The molecule has 0 unspecified atom stereocenters. The van der Waals surface area contributed by atoms with Crippen molar-refractivity contribution in [3.05, 3.63) is 0 Å². The zero-order chi connectivity index (χ0) is 8.69. The molecule has 11 heavy (non-hydrogen) atoms. The summed E-state index contributed by atoms with van der Waals surface area (Å²) < 4.78 is 9.92. The number of rotatable bonds is 0. The molecular formula is C9H20O2. The van der Waals surface area contributed by atoms with E-state index < -0.39 is 0 Å². The minimum atomic E-state index is 0.490. The quantitative estimate of drug-likeness (QED) is 0.541. The van der Waals surface area contributed by atoms with Crippen LogP contribution in [0, 0.1) is 11.8 Å². The van der Waals surface area contributed by atoms with Gasteiger partial charge in [0.2, 0.25) is 0 Å². The molecule has 0 N–H and O–H groups in total. The predicted octanol–water partition coefficient (Wildman–Crippen LogP) is 2.29. The highest BCUT2D eigenvalue weighted by Gasteiger charge is 2.06. The highest BCUT2D eigenvalue weighted by atomic mass is 16.7. The molecule has 0 bridgehead atoms. The highest BCUT2D eigenvalue weighted by Crippen LogP contribution is 2.01. The summed E-state index contributed by atoms with van der Waals surface area (Å²) in [5, 5.41) is 0. The molecule has 0 aliphatic carbocycles. The summed E-state index contributed by atoms with van der Waals surface area (Å²) in [7, 11) is 0. The monoisotopic (exact) mass is 160 g/mol. The summed E-state index contributed by atoms with van der Waals surface area (Å²) in [6.45, 7) is 10.8. The molecule has 1 heterocycles. The van der Waals surface area contributed by atoms with Crippen LogP contribution >= 0.6 is 0 Å². The number of hydrogen-bond donors (Lipinski definition) is 0. The maximum atomic E-state index is 4.96. The molecule has 68 valence electrons. The van der Waals surface area contributed by atoms with Crippen LogP contribution in [0.3, 0.4) is 0 Å². The Morgan fingerprint density at radius 2 is 1.45 bits per heavy atom. The van der Waals surface area contributed by atoms with Gasteiger partial charge in [-0.3, -0.25) is 0 Å². The SMILES string of the molecule is CC(C)C.CC1COCOC1. The molecule has 1 saturated heterocycles. The fraction of sp³-hybridized carbons (Fsp3) is 1.00. The smallest absolute Gasteiger partial charge is 0.146 e. The van der Waals surface area contributed by atoms with Crippen molar-refractivity contribution in [1.82, 2.24) is 0 Å². The molecule has 0 aromatic carbocycles. The van der Waals surface area contributed by atoms with Gasteiger partial charge >= 0.3 is 0 Å². The largest absolute Gasteiger partial charge is 0.355 e. The molecule has 0 atom stereocenters. The van der Waals surface area contributed by atoms with Crippen molar-refractivity contribution in [1.29, 1.82) is 0 Å². The first kappa shape index (κ1) is 10.9. The van der Waals surface area contributed by atoms with Gasteiger partial charge in [0.15, 0.2) is 0 Å². The summed E-state index contributed by atoms with van der Waals surface area (Å²) in [6.07, 6.45) is 0. The van der Waals surface area contributed by atoms with E-state index in [-0.39, 0.29) is 0 Å². The van der Waals surface area contributed by atoms with Crippen LogP contribution in [0.15, 0.2) is 0 Å². The normalized spacial score (nSPS) is 19.4. The summed E-state index contributed by atoms with van der Waals surface area (Å²) in [5.74, 6) is 1.42. The fourth-order valence-corrected chi connectivity index (χ4v) is 0.606. The van der Waals surface area contributed by atoms with Crippen LogP contribution in [-0.4, -0.2) is 20.0 Å². The fourth-order valence-electron chi connectivity index (χ4n) is 0.606. The summed E-state index contributed by atoms with van der Waals surface area (Å²) in [6, 6.07) is 0. The molecular weight excluding hydrogens is 140 g/mol. The van der Waals surface area contributed by atoms with Crippen molar-refractivity contribution < 1.29 is 9.47 Å². The molecule has 1 aliphatic rings. The van der Waals surface area contributed by atoms with E-state index in [4.69, 9.17) is 9.47 Å². The van der Waals surface area contributed by atoms with E-state index >= 15 is 0 Å². The second-order valence-electron chi connectivity index (χ2n) is 3.70. The lowest BCUT2D eigenvalue weighted by Crippen LogP contribution is -2.20. The van der Waals surface area contributed by atoms with E-state index in [1.807, 2.05) is 0 Å². The van der Waals surface area contributed by atoms with Gasteiger partial charge in [0.05, 0.1) is 13.2 Å². The van der Waals surface area contributed by atoms with Crippen molar-refractivity contribution in [3.63, 3.8) is 0 Å². The van der Waals surface area contributed by atoms with Gasteiger partial charge in [-0.2, -0.15) is 0 Å². The van der Waals surface area contributed by atoms with Gasteiger partial charge in [-0.25, -0.2) is 0 Å². The standard InChI is InChI=1S/C5H10O2.C4H10/c1-5-2-6-4-7-3-5;1-4(2)3/h5H,2-4H2,1H3;4H,1-3H3. The Morgan fingerprint density at radius 1 is 1.09 bits per heavy atom. The van der Waals surface area contributed by atoms with Crippen molar-refractivity contribution in [2.24, 2.45) is 11.8 Å². The van der Waals surface area contributed by atoms with Crippen LogP contribution in [-0.2, 0) is 9.47 Å². The van der Waals surface area contributed by atoms with Crippen molar-refractivity contribution in [2.45, 2.75) is 27.7 Å². The Hall–Kier alpha value is -0.0800. The molecule has 0 amide bonds. The third-order valence-electron chi connectivity index (χ3n) is 0.971. The molecule has 0 radical (unpaired) electrons. The second kappa shape index (κ2) is 6.62. The van der Waals surface area contributed by atoms with Crippen LogP contribution in [0.25, 0.3) is 0 Å². The van der Waals surface area contributed by atoms with Gasteiger partial charge in [0.25, 0.3) is 0 Å². The summed E-state index contributed by atoms with van der Waals surface area (Å²) >= 11 is 0. The molecule has 1 aliphatic heterocycles. The van der Waals surface area contributed by atoms with E-state index in [2.05, 4.69) is 27.7 Å². The topological polar surface area (TPSA) is 18.5 Å². The third-order valence-corrected chi connectivity index (χ3v) is 0.971. The third kappa shape index (κ3) is 9.92.